The van der Waals surface area contributed by atoms with E-state index in [1.807, 2.05) is 30.5 Å². The Kier molecular flexibility index (Phi) is 4.46. The van der Waals surface area contributed by atoms with Crippen LogP contribution in [0.5, 0.6) is 0 Å². The highest BCUT2D eigenvalue weighted by molar-refractivity contribution is 5.73. The normalized spacial score (nSPS) is 18.5. The van der Waals surface area contributed by atoms with Crippen LogP contribution in [-0.2, 0) is 6.54 Å². The van der Waals surface area contributed by atoms with Crippen molar-refractivity contribution in [2.24, 2.45) is 0 Å². The molecule has 1 heterocycles. The van der Waals surface area contributed by atoms with Crippen molar-refractivity contribution in [2.45, 2.75) is 50.7 Å². The number of nitrogens with one attached hydrogen (secondary N) is 1. The number of nitrogens with zero attached hydrogens (tertiary/aromatic N) is 2. The lowest BCUT2D eigenvalue weighted by Crippen LogP contribution is -2.40. The second kappa shape index (κ2) is 6.50. The van der Waals surface area contributed by atoms with Gasteiger partial charge in [0.05, 0.1) is 28.5 Å². The maximum atomic E-state index is 10.6. The van der Waals surface area contributed by atoms with Gasteiger partial charge in [-0.2, -0.15) is 0 Å². The molecule has 1 fully saturated rings. The Bertz CT molecular complexity index is 591. The second-order valence-corrected chi connectivity index (χ2v) is 6.09. The maximum absolute atomic E-state index is 10.6. The third kappa shape index (κ3) is 3.77. The summed E-state index contributed by atoms with van der Waals surface area (Å²) in [5, 5.41) is 14.0. The van der Waals surface area contributed by atoms with Gasteiger partial charge in [-0.05, 0) is 25.0 Å². The van der Waals surface area contributed by atoms with Gasteiger partial charge in [0.1, 0.15) is 0 Å². The molecule has 112 valence electrons. The summed E-state index contributed by atoms with van der Waals surface area (Å²) in [7, 11) is 0. The van der Waals surface area contributed by atoms with Gasteiger partial charge in [-0.15, -0.1) is 0 Å². The summed E-state index contributed by atoms with van der Waals surface area (Å²) in [6, 6.07) is 7.89. The van der Waals surface area contributed by atoms with E-state index in [1.165, 1.54) is 12.8 Å². The van der Waals surface area contributed by atoms with E-state index < -0.39 is 5.60 Å². The van der Waals surface area contributed by atoms with Crippen LogP contribution in [0.4, 0.5) is 0 Å². The minimum absolute atomic E-state index is 0.541. The average Bonchev–Trinajstić information content (AvgIpc) is 2.72. The number of fused-ring (bicyclic) bond motifs is 1. The van der Waals surface area contributed by atoms with Crippen molar-refractivity contribution in [1.82, 2.24) is 15.3 Å². The Hall–Kier alpha value is -1.52. The van der Waals surface area contributed by atoms with Gasteiger partial charge in [0.25, 0.3) is 0 Å². The molecular weight excluding hydrogens is 262 g/mol. The Labute approximate surface area is 125 Å². The number of rotatable bonds is 4. The molecule has 1 aromatic heterocycles. The highest BCUT2D eigenvalue weighted by Crippen LogP contribution is 2.26. The Morgan fingerprint density at radius 2 is 1.76 bits per heavy atom. The fourth-order valence-electron chi connectivity index (χ4n) is 3.07. The summed E-state index contributed by atoms with van der Waals surface area (Å²) in [5.74, 6) is 0. The Balaban J connectivity index is 1.58. The maximum Gasteiger partial charge on any atom is 0.0890 e. The molecule has 0 unspecified atom stereocenters. The van der Waals surface area contributed by atoms with E-state index in [9.17, 15) is 5.11 Å². The van der Waals surface area contributed by atoms with Crippen LogP contribution in [0.1, 0.15) is 44.2 Å². The first-order chi connectivity index (χ1) is 10.3. The molecule has 2 aromatic rings. The van der Waals surface area contributed by atoms with Gasteiger partial charge in [-0.1, -0.05) is 37.8 Å². The third-order valence-corrected chi connectivity index (χ3v) is 4.29. The number of para-hydroxylation sites is 2. The van der Waals surface area contributed by atoms with Crippen molar-refractivity contribution >= 4 is 11.0 Å². The van der Waals surface area contributed by atoms with E-state index in [0.717, 1.165) is 42.4 Å². The number of hydrogen-bond acceptors (Lipinski definition) is 4. The zero-order valence-electron chi connectivity index (χ0n) is 12.4. The van der Waals surface area contributed by atoms with Crippen molar-refractivity contribution in [3.8, 4) is 0 Å². The van der Waals surface area contributed by atoms with Gasteiger partial charge in [0, 0.05) is 13.1 Å². The molecule has 0 saturated heterocycles. The van der Waals surface area contributed by atoms with E-state index in [2.05, 4.69) is 15.3 Å². The van der Waals surface area contributed by atoms with Crippen LogP contribution < -0.4 is 5.32 Å². The quantitative estimate of drug-likeness (QED) is 0.848. The summed E-state index contributed by atoms with van der Waals surface area (Å²) < 4.78 is 0. The van der Waals surface area contributed by atoms with Crippen LogP contribution in [0, 0.1) is 0 Å². The van der Waals surface area contributed by atoms with Crippen LogP contribution >= 0.6 is 0 Å². The largest absolute Gasteiger partial charge is 0.389 e. The fraction of sp³-hybridized carbons (Fsp3) is 0.529. The van der Waals surface area contributed by atoms with Crippen molar-refractivity contribution in [3.63, 3.8) is 0 Å². The molecule has 1 aromatic carbocycles. The zero-order chi connectivity index (χ0) is 14.5. The van der Waals surface area contributed by atoms with Crippen molar-refractivity contribution in [2.75, 3.05) is 6.54 Å². The van der Waals surface area contributed by atoms with Crippen LogP contribution in [0.25, 0.3) is 11.0 Å². The summed E-state index contributed by atoms with van der Waals surface area (Å²) in [6.07, 6.45) is 8.39. The Morgan fingerprint density at radius 1 is 1.05 bits per heavy atom. The molecule has 21 heavy (non-hydrogen) atoms. The van der Waals surface area contributed by atoms with E-state index in [4.69, 9.17) is 0 Å². The molecule has 0 aliphatic heterocycles. The number of aliphatic hydroxyl groups is 1. The van der Waals surface area contributed by atoms with Gasteiger partial charge < -0.3 is 10.4 Å². The molecule has 0 bridgehead atoms. The van der Waals surface area contributed by atoms with E-state index >= 15 is 0 Å². The molecule has 0 amide bonds. The highest BCUT2D eigenvalue weighted by atomic mass is 16.3. The summed E-state index contributed by atoms with van der Waals surface area (Å²) in [5.41, 5.74) is 2.22. The molecule has 2 N–H and O–H groups in total. The number of hydrogen-bond donors (Lipinski definition) is 2. The van der Waals surface area contributed by atoms with Gasteiger partial charge >= 0.3 is 0 Å². The first-order valence-electron chi connectivity index (χ1n) is 7.89. The van der Waals surface area contributed by atoms with Gasteiger partial charge in [0.2, 0.25) is 0 Å². The average molecular weight is 285 g/mol. The smallest absolute Gasteiger partial charge is 0.0890 e. The van der Waals surface area contributed by atoms with Crippen LogP contribution in [0.3, 0.4) is 0 Å². The monoisotopic (exact) mass is 285 g/mol. The van der Waals surface area contributed by atoms with Gasteiger partial charge in [-0.3, -0.25) is 4.98 Å². The molecule has 1 saturated carbocycles. The molecule has 4 nitrogen and oxygen atoms in total. The highest BCUT2D eigenvalue weighted by Gasteiger charge is 2.27. The molecule has 0 atom stereocenters. The molecule has 0 radical (unpaired) electrons. The van der Waals surface area contributed by atoms with Gasteiger partial charge in [0.15, 0.2) is 0 Å². The molecule has 1 aliphatic carbocycles. The minimum Gasteiger partial charge on any atom is -0.389 e. The summed E-state index contributed by atoms with van der Waals surface area (Å²) >= 11 is 0. The lowest BCUT2D eigenvalue weighted by molar-refractivity contribution is 0.0250. The lowest BCUT2D eigenvalue weighted by atomic mass is 9.94. The van der Waals surface area contributed by atoms with Crippen molar-refractivity contribution in [3.05, 3.63) is 36.2 Å². The molecular formula is C17H23N3O. The molecule has 4 heteroatoms. The molecule has 0 spiro atoms. The van der Waals surface area contributed by atoms with Crippen LogP contribution in [0.2, 0.25) is 0 Å². The van der Waals surface area contributed by atoms with Gasteiger partial charge in [-0.25, -0.2) is 4.98 Å². The Morgan fingerprint density at radius 3 is 2.52 bits per heavy atom. The molecule has 1 aliphatic rings. The third-order valence-electron chi connectivity index (χ3n) is 4.29. The lowest BCUT2D eigenvalue weighted by Gasteiger charge is -2.26. The van der Waals surface area contributed by atoms with E-state index in [0.29, 0.717) is 13.1 Å². The van der Waals surface area contributed by atoms with E-state index in [-0.39, 0.29) is 0 Å². The molecule has 3 rings (SSSR count). The standard InChI is InChI=1S/C17H23N3O/c21-17(9-5-1-2-6-10-17)13-18-11-14-12-19-15-7-3-4-8-16(15)20-14/h3-4,7-8,12,18,21H,1-2,5-6,9-11,13H2. The topological polar surface area (TPSA) is 58.0 Å². The zero-order valence-corrected chi connectivity index (χ0v) is 12.4. The predicted molar refractivity (Wildman–Crippen MR) is 83.9 cm³/mol. The summed E-state index contributed by atoms with van der Waals surface area (Å²) in [4.78, 5) is 9.01. The second-order valence-electron chi connectivity index (χ2n) is 6.09. The predicted octanol–water partition coefficient (Wildman–Crippen LogP) is 2.80. The first kappa shape index (κ1) is 14.4. The first-order valence-corrected chi connectivity index (χ1v) is 7.89. The van der Waals surface area contributed by atoms with Crippen molar-refractivity contribution < 1.29 is 5.11 Å². The number of aromatic nitrogens is 2. The van der Waals surface area contributed by atoms with Crippen LogP contribution in [0.15, 0.2) is 30.5 Å². The van der Waals surface area contributed by atoms with Crippen LogP contribution in [-0.4, -0.2) is 27.2 Å². The fourth-order valence-corrected chi connectivity index (χ4v) is 3.07. The summed E-state index contributed by atoms with van der Waals surface area (Å²) in [6.45, 7) is 1.29. The van der Waals surface area contributed by atoms with Crippen molar-refractivity contribution in [1.29, 1.82) is 0 Å². The number of benzene rings is 1. The van der Waals surface area contributed by atoms with E-state index in [1.54, 1.807) is 0 Å². The SMILES string of the molecule is OC1(CNCc2cnc3ccccc3n2)CCCCCC1. The minimum atomic E-state index is -0.541.